The molecule has 0 spiro atoms. The third-order valence-electron chi connectivity index (χ3n) is 1.91. The molecule has 0 radical (unpaired) electrons. The second-order valence-corrected chi connectivity index (χ2v) is 5.02. The van der Waals surface area contributed by atoms with Gasteiger partial charge in [0, 0.05) is 16.1 Å². The molecule has 8 heteroatoms. The first kappa shape index (κ1) is 17.0. The van der Waals surface area contributed by atoms with Crippen molar-refractivity contribution in [2.24, 2.45) is 5.73 Å². The highest BCUT2D eigenvalue weighted by molar-refractivity contribution is 9.11. The number of halogens is 6. The number of rotatable bonds is 2. The van der Waals surface area contributed by atoms with Gasteiger partial charge in [0.05, 0.1) is 10.9 Å². The molecule has 17 heavy (non-hydrogen) atoms. The lowest BCUT2D eigenvalue weighted by Gasteiger charge is -2.16. The van der Waals surface area contributed by atoms with Crippen LogP contribution in [0.15, 0.2) is 21.1 Å². The molecule has 0 aliphatic heterocycles. The second-order valence-electron chi connectivity index (χ2n) is 3.25. The molecule has 1 rings (SSSR count). The summed E-state index contributed by atoms with van der Waals surface area (Å²) in [6, 6.07) is 1.61. The molecule has 0 aliphatic carbocycles. The Morgan fingerprint density at radius 1 is 1.29 bits per heavy atom. The largest absolute Gasteiger partial charge is 0.506 e. The molecule has 0 amide bonds. The first-order valence-corrected chi connectivity index (χ1v) is 5.79. The third kappa shape index (κ3) is 5.03. The van der Waals surface area contributed by atoms with Crippen molar-refractivity contribution < 1.29 is 18.3 Å². The van der Waals surface area contributed by atoms with Crippen molar-refractivity contribution >= 4 is 44.3 Å². The molecule has 1 atom stereocenters. The monoisotopic (exact) mass is 397 g/mol. The number of hydrogen-bond acceptors (Lipinski definition) is 2. The number of hydrogen-bond donors (Lipinski definition) is 2. The van der Waals surface area contributed by atoms with Crippen LogP contribution in [0.1, 0.15) is 18.0 Å². The summed E-state index contributed by atoms with van der Waals surface area (Å²) in [6.07, 6.45) is -5.54. The van der Waals surface area contributed by atoms with Crippen molar-refractivity contribution in [3.63, 3.8) is 0 Å². The van der Waals surface area contributed by atoms with Gasteiger partial charge in [-0.05, 0) is 28.1 Å². The quantitative estimate of drug-likeness (QED) is 0.779. The van der Waals surface area contributed by atoms with E-state index in [1.807, 2.05) is 0 Å². The predicted octanol–water partition coefficient (Wildman–Crippen LogP) is 4.29. The molecule has 0 aliphatic rings. The average molecular weight is 399 g/mol. The molecule has 3 N–H and O–H groups in total. The fourth-order valence-electron chi connectivity index (χ4n) is 1.23. The van der Waals surface area contributed by atoms with Crippen LogP contribution < -0.4 is 5.73 Å². The van der Waals surface area contributed by atoms with Gasteiger partial charge in [0.15, 0.2) is 0 Å². The van der Waals surface area contributed by atoms with E-state index in [0.29, 0.717) is 8.95 Å². The van der Waals surface area contributed by atoms with Gasteiger partial charge in [-0.1, -0.05) is 15.9 Å². The van der Waals surface area contributed by atoms with Crippen LogP contribution >= 0.6 is 44.3 Å². The summed E-state index contributed by atoms with van der Waals surface area (Å²) in [4.78, 5) is 0. The minimum absolute atomic E-state index is 0. The maximum Gasteiger partial charge on any atom is 0.390 e. The van der Waals surface area contributed by atoms with Gasteiger partial charge in [0.25, 0.3) is 0 Å². The summed E-state index contributed by atoms with van der Waals surface area (Å²) >= 11 is 6.15. The normalized spacial score (nSPS) is 13.1. The van der Waals surface area contributed by atoms with Gasteiger partial charge in [-0.2, -0.15) is 13.2 Å². The summed E-state index contributed by atoms with van der Waals surface area (Å²) in [5.41, 5.74) is 5.45. The van der Waals surface area contributed by atoms with Crippen molar-refractivity contribution in [2.45, 2.75) is 18.6 Å². The summed E-state index contributed by atoms with van der Waals surface area (Å²) in [5.74, 6) is -0.264. The van der Waals surface area contributed by atoms with E-state index >= 15 is 0 Å². The van der Waals surface area contributed by atoms with E-state index in [-0.39, 0.29) is 23.7 Å². The minimum atomic E-state index is -4.36. The summed E-state index contributed by atoms with van der Waals surface area (Å²) in [7, 11) is 0. The molecule has 0 aromatic heterocycles. The molecule has 0 unspecified atom stereocenters. The Morgan fingerprint density at radius 2 is 1.82 bits per heavy atom. The topological polar surface area (TPSA) is 46.2 Å². The molecule has 0 fully saturated rings. The van der Waals surface area contributed by atoms with Crippen LogP contribution in [0.3, 0.4) is 0 Å². The van der Waals surface area contributed by atoms with Crippen LogP contribution in [0.25, 0.3) is 0 Å². The zero-order valence-corrected chi connectivity index (χ0v) is 12.3. The fourth-order valence-corrected chi connectivity index (χ4v) is 2.49. The van der Waals surface area contributed by atoms with Crippen LogP contribution in [0.2, 0.25) is 0 Å². The number of alkyl halides is 3. The molecule has 1 aromatic rings. The lowest BCUT2D eigenvalue weighted by Crippen LogP contribution is -2.20. The molecule has 0 saturated heterocycles. The van der Waals surface area contributed by atoms with Gasteiger partial charge in [-0.15, -0.1) is 12.4 Å². The van der Waals surface area contributed by atoms with Crippen molar-refractivity contribution in [2.75, 3.05) is 0 Å². The fraction of sp³-hybridized carbons (Fsp3) is 0.333. The molecular weight excluding hydrogens is 390 g/mol. The minimum Gasteiger partial charge on any atom is -0.506 e. The molecular formula is C9H9Br2ClF3NO. The lowest BCUT2D eigenvalue weighted by molar-refractivity contribution is -0.138. The van der Waals surface area contributed by atoms with Gasteiger partial charge in [0.1, 0.15) is 5.75 Å². The van der Waals surface area contributed by atoms with E-state index in [4.69, 9.17) is 5.73 Å². The SMILES string of the molecule is Cl.N[C@@H](CC(F)(F)F)c1cc(Br)cc(Br)c1O. The highest BCUT2D eigenvalue weighted by atomic mass is 79.9. The number of phenols is 1. The van der Waals surface area contributed by atoms with Crippen LogP contribution in [-0.4, -0.2) is 11.3 Å². The van der Waals surface area contributed by atoms with Crippen molar-refractivity contribution in [1.82, 2.24) is 0 Å². The Balaban J connectivity index is 0.00000256. The molecule has 2 nitrogen and oxygen atoms in total. The van der Waals surface area contributed by atoms with E-state index in [1.54, 1.807) is 0 Å². The Hall–Kier alpha value is 0.0200. The molecule has 1 aromatic carbocycles. The third-order valence-corrected chi connectivity index (χ3v) is 2.97. The van der Waals surface area contributed by atoms with Gasteiger partial charge in [-0.25, -0.2) is 0 Å². The van der Waals surface area contributed by atoms with Gasteiger partial charge in [-0.3, -0.25) is 0 Å². The summed E-state index contributed by atoms with van der Waals surface area (Å²) in [5, 5.41) is 9.57. The van der Waals surface area contributed by atoms with E-state index in [2.05, 4.69) is 31.9 Å². The number of nitrogens with two attached hydrogens (primary N) is 1. The van der Waals surface area contributed by atoms with Crippen LogP contribution in [-0.2, 0) is 0 Å². The first-order valence-electron chi connectivity index (χ1n) is 4.21. The van der Waals surface area contributed by atoms with E-state index in [1.165, 1.54) is 12.1 Å². The van der Waals surface area contributed by atoms with Crippen molar-refractivity contribution in [3.8, 4) is 5.75 Å². The first-order chi connectivity index (χ1) is 7.20. The van der Waals surface area contributed by atoms with E-state index in [0.717, 1.165) is 0 Å². The zero-order chi connectivity index (χ0) is 12.5. The molecule has 98 valence electrons. The van der Waals surface area contributed by atoms with Crippen LogP contribution in [0.5, 0.6) is 5.75 Å². The van der Waals surface area contributed by atoms with Crippen molar-refractivity contribution in [3.05, 3.63) is 26.6 Å². The molecule has 0 heterocycles. The van der Waals surface area contributed by atoms with E-state index < -0.39 is 18.6 Å². The maximum atomic E-state index is 12.1. The zero-order valence-electron chi connectivity index (χ0n) is 8.26. The Bertz CT molecular complexity index is 401. The average Bonchev–Trinajstić information content (AvgIpc) is 2.08. The molecule has 0 saturated carbocycles. The maximum absolute atomic E-state index is 12.1. The van der Waals surface area contributed by atoms with E-state index in [9.17, 15) is 18.3 Å². The highest BCUT2D eigenvalue weighted by Gasteiger charge is 2.32. The standard InChI is InChI=1S/C9H8Br2F3NO.ClH/c10-4-1-5(8(16)6(11)2-4)7(15)3-9(12,13)14;/h1-2,7,16H,3,15H2;1H/t7-;/m0./s1. The van der Waals surface area contributed by atoms with Crippen LogP contribution in [0, 0.1) is 0 Å². The number of aromatic hydroxyl groups is 1. The smallest absolute Gasteiger partial charge is 0.390 e. The van der Waals surface area contributed by atoms with Crippen molar-refractivity contribution in [1.29, 1.82) is 0 Å². The summed E-state index contributed by atoms with van der Waals surface area (Å²) in [6.45, 7) is 0. The van der Waals surface area contributed by atoms with Gasteiger partial charge >= 0.3 is 6.18 Å². The van der Waals surface area contributed by atoms with Crippen LogP contribution in [0.4, 0.5) is 13.2 Å². The number of phenolic OH excluding ortho intramolecular Hbond substituents is 1. The van der Waals surface area contributed by atoms with Gasteiger partial charge < -0.3 is 10.8 Å². The Kier molecular flexibility index (Phi) is 6.27. The Morgan fingerprint density at radius 3 is 2.29 bits per heavy atom. The number of benzene rings is 1. The highest BCUT2D eigenvalue weighted by Crippen LogP contribution is 2.38. The predicted molar refractivity (Wildman–Crippen MR) is 68.4 cm³/mol. The molecule has 0 bridgehead atoms. The van der Waals surface area contributed by atoms with Gasteiger partial charge in [0.2, 0.25) is 0 Å². The lowest BCUT2D eigenvalue weighted by atomic mass is 10.0. The summed E-state index contributed by atoms with van der Waals surface area (Å²) < 4.78 is 37.3. The second kappa shape index (κ2) is 6.26. The Labute approximate surface area is 119 Å².